The second-order valence-electron chi connectivity index (χ2n) is 8.61. The predicted molar refractivity (Wildman–Crippen MR) is 94.0 cm³/mol. The van der Waals surface area contributed by atoms with E-state index in [1.165, 1.54) is 5.56 Å². The molecule has 1 aliphatic heterocycles. The molecule has 126 valence electrons. The highest BCUT2D eigenvalue weighted by Gasteiger charge is 2.58. The summed E-state index contributed by atoms with van der Waals surface area (Å²) in [6, 6.07) is 10.4. The van der Waals surface area contributed by atoms with Crippen LogP contribution in [0.1, 0.15) is 45.6 Å². The molecule has 3 rings (SSSR count). The molecule has 2 fully saturated rings. The first-order chi connectivity index (χ1) is 10.9. The van der Waals surface area contributed by atoms with Crippen LogP contribution in [0.3, 0.4) is 0 Å². The Morgan fingerprint density at radius 3 is 2.48 bits per heavy atom. The van der Waals surface area contributed by atoms with Gasteiger partial charge in [0.2, 0.25) is 5.91 Å². The summed E-state index contributed by atoms with van der Waals surface area (Å²) in [7, 11) is 0. The van der Waals surface area contributed by atoms with E-state index in [9.17, 15) is 4.79 Å². The molecule has 1 saturated carbocycles. The van der Waals surface area contributed by atoms with Crippen LogP contribution in [0.5, 0.6) is 0 Å². The van der Waals surface area contributed by atoms with Crippen molar-refractivity contribution in [3.8, 4) is 0 Å². The standard InChI is InChI=1S/C20H30N2O/c1-19(2,3)15-22(14-16-7-5-4-6-8-16)18(23)17-13-20(17)9-11-21-12-10-20/h4-8,17,21H,9-15H2,1-3H3. The highest BCUT2D eigenvalue weighted by Crippen LogP contribution is 2.59. The minimum Gasteiger partial charge on any atom is -0.338 e. The molecule has 1 saturated heterocycles. The SMILES string of the molecule is CC(C)(C)CN(Cc1ccccc1)C(=O)C1CC12CCNCC2. The van der Waals surface area contributed by atoms with Gasteiger partial charge in [-0.05, 0) is 48.7 Å². The molecule has 1 N–H and O–H groups in total. The van der Waals surface area contributed by atoms with Crippen LogP contribution < -0.4 is 5.32 Å². The van der Waals surface area contributed by atoms with E-state index < -0.39 is 0 Å². The number of rotatable bonds is 4. The van der Waals surface area contributed by atoms with Gasteiger partial charge >= 0.3 is 0 Å². The smallest absolute Gasteiger partial charge is 0.226 e. The Kier molecular flexibility index (Phi) is 4.50. The lowest BCUT2D eigenvalue weighted by molar-refractivity contribution is -0.135. The van der Waals surface area contributed by atoms with Crippen molar-refractivity contribution in [2.24, 2.45) is 16.7 Å². The first-order valence-corrected chi connectivity index (χ1v) is 8.93. The Morgan fingerprint density at radius 1 is 1.22 bits per heavy atom. The zero-order valence-electron chi connectivity index (χ0n) is 14.8. The third kappa shape index (κ3) is 3.95. The normalized spacial score (nSPS) is 22.8. The lowest BCUT2D eigenvalue weighted by atomic mass is 9.91. The Bertz CT molecular complexity index is 541. The minimum atomic E-state index is 0.126. The number of carbonyl (C=O) groups excluding carboxylic acids is 1. The summed E-state index contributed by atoms with van der Waals surface area (Å²) in [5.74, 6) is 0.640. The summed E-state index contributed by atoms with van der Waals surface area (Å²) in [5.41, 5.74) is 1.67. The van der Waals surface area contributed by atoms with Crippen molar-refractivity contribution in [1.29, 1.82) is 0 Å². The number of nitrogens with zero attached hydrogens (tertiary/aromatic N) is 1. The van der Waals surface area contributed by atoms with Crippen LogP contribution in [-0.4, -0.2) is 30.4 Å². The summed E-state index contributed by atoms with van der Waals surface area (Å²) >= 11 is 0. The number of hydrogen-bond acceptors (Lipinski definition) is 2. The van der Waals surface area contributed by atoms with Crippen LogP contribution in [0.4, 0.5) is 0 Å². The van der Waals surface area contributed by atoms with Crippen LogP contribution in [0.25, 0.3) is 0 Å². The van der Waals surface area contributed by atoms with Gasteiger partial charge < -0.3 is 10.2 Å². The van der Waals surface area contributed by atoms with Crippen molar-refractivity contribution in [3.63, 3.8) is 0 Å². The third-order valence-corrected chi connectivity index (χ3v) is 5.28. The Balaban J connectivity index is 1.71. The number of amides is 1. The lowest BCUT2D eigenvalue weighted by Gasteiger charge is -2.32. The second-order valence-corrected chi connectivity index (χ2v) is 8.61. The average Bonchev–Trinajstić information content (AvgIpc) is 3.19. The molecular formula is C20H30N2O. The van der Waals surface area contributed by atoms with Gasteiger partial charge in [-0.25, -0.2) is 0 Å². The van der Waals surface area contributed by atoms with Crippen molar-refractivity contribution in [3.05, 3.63) is 35.9 Å². The van der Waals surface area contributed by atoms with Gasteiger partial charge in [-0.15, -0.1) is 0 Å². The molecule has 2 aliphatic rings. The number of piperidine rings is 1. The molecule has 3 nitrogen and oxygen atoms in total. The quantitative estimate of drug-likeness (QED) is 0.923. The summed E-state index contributed by atoms with van der Waals surface area (Å²) in [5, 5.41) is 3.42. The zero-order chi connectivity index (χ0) is 16.5. The first kappa shape index (κ1) is 16.5. The van der Waals surface area contributed by atoms with E-state index >= 15 is 0 Å². The molecule has 1 atom stereocenters. The van der Waals surface area contributed by atoms with Crippen molar-refractivity contribution >= 4 is 5.91 Å². The van der Waals surface area contributed by atoms with E-state index in [4.69, 9.17) is 0 Å². The van der Waals surface area contributed by atoms with E-state index in [1.807, 2.05) is 6.07 Å². The van der Waals surface area contributed by atoms with Crippen LogP contribution in [0.15, 0.2) is 30.3 Å². The average molecular weight is 314 g/mol. The first-order valence-electron chi connectivity index (χ1n) is 8.93. The minimum absolute atomic E-state index is 0.126. The third-order valence-electron chi connectivity index (χ3n) is 5.28. The van der Waals surface area contributed by atoms with Gasteiger partial charge in [-0.2, -0.15) is 0 Å². The van der Waals surface area contributed by atoms with E-state index in [2.05, 4.69) is 55.3 Å². The maximum absolute atomic E-state index is 13.2. The van der Waals surface area contributed by atoms with Crippen molar-refractivity contribution < 1.29 is 4.79 Å². The molecule has 0 radical (unpaired) electrons. The number of carbonyl (C=O) groups is 1. The number of nitrogens with one attached hydrogen (secondary N) is 1. The van der Waals surface area contributed by atoms with Gasteiger partial charge in [-0.3, -0.25) is 4.79 Å². The topological polar surface area (TPSA) is 32.3 Å². The fourth-order valence-electron chi connectivity index (χ4n) is 3.98. The highest BCUT2D eigenvalue weighted by atomic mass is 16.2. The second kappa shape index (κ2) is 6.27. The maximum atomic E-state index is 13.2. The van der Waals surface area contributed by atoms with Crippen molar-refractivity contribution in [2.45, 2.75) is 46.6 Å². The predicted octanol–water partition coefficient (Wildman–Crippen LogP) is 3.45. The molecule has 23 heavy (non-hydrogen) atoms. The molecule has 1 aliphatic carbocycles. The maximum Gasteiger partial charge on any atom is 0.226 e. The molecule has 1 heterocycles. The monoisotopic (exact) mass is 314 g/mol. The molecule has 1 spiro atoms. The molecule has 0 aromatic heterocycles. The molecule has 3 heteroatoms. The van der Waals surface area contributed by atoms with Crippen molar-refractivity contribution in [1.82, 2.24) is 10.2 Å². The van der Waals surface area contributed by atoms with E-state index in [0.29, 0.717) is 11.3 Å². The Labute approximate surface area is 140 Å². The van der Waals surface area contributed by atoms with Crippen molar-refractivity contribution in [2.75, 3.05) is 19.6 Å². The summed E-state index contributed by atoms with van der Waals surface area (Å²) in [4.78, 5) is 15.3. The number of hydrogen-bond donors (Lipinski definition) is 1. The van der Waals surface area contributed by atoms with E-state index in [-0.39, 0.29) is 11.3 Å². The summed E-state index contributed by atoms with van der Waals surface area (Å²) < 4.78 is 0. The van der Waals surface area contributed by atoms with Gasteiger partial charge in [0.1, 0.15) is 0 Å². The van der Waals surface area contributed by atoms with Gasteiger partial charge in [0.15, 0.2) is 0 Å². The molecule has 1 amide bonds. The summed E-state index contributed by atoms with van der Waals surface area (Å²) in [6.45, 7) is 10.3. The van der Waals surface area contributed by atoms with Crippen LogP contribution in [0.2, 0.25) is 0 Å². The fraction of sp³-hybridized carbons (Fsp3) is 0.650. The van der Waals surface area contributed by atoms with E-state index in [0.717, 1.165) is 45.4 Å². The molecule has 1 unspecified atom stereocenters. The molecular weight excluding hydrogens is 284 g/mol. The number of benzene rings is 1. The summed E-state index contributed by atoms with van der Waals surface area (Å²) in [6.07, 6.45) is 3.43. The zero-order valence-corrected chi connectivity index (χ0v) is 14.8. The fourth-order valence-corrected chi connectivity index (χ4v) is 3.98. The highest BCUT2D eigenvalue weighted by molar-refractivity contribution is 5.82. The molecule has 1 aromatic rings. The van der Waals surface area contributed by atoms with E-state index in [1.54, 1.807) is 0 Å². The van der Waals surface area contributed by atoms with Gasteiger partial charge in [0.25, 0.3) is 0 Å². The van der Waals surface area contributed by atoms with Gasteiger partial charge in [0.05, 0.1) is 0 Å². The van der Waals surface area contributed by atoms with Crippen LogP contribution in [0, 0.1) is 16.7 Å². The Hall–Kier alpha value is -1.35. The lowest BCUT2D eigenvalue weighted by Crippen LogP contribution is -2.40. The van der Waals surface area contributed by atoms with Gasteiger partial charge in [0, 0.05) is 19.0 Å². The molecule has 0 bridgehead atoms. The Morgan fingerprint density at radius 2 is 1.87 bits per heavy atom. The molecule has 1 aromatic carbocycles. The van der Waals surface area contributed by atoms with Gasteiger partial charge in [-0.1, -0.05) is 51.1 Å². The van der Waals surface area contributed by atoms with Crippen LogP contribution >= 0.6 is 0 Å². The largest absolute Gasteiger partial charge is 0.338 e. The van der Waals surface area contributed by atoms with Crippen LogP contribution in [-0.2, 0) is 11.3 Å².